The lowest BCUT2D eigenvalue weighted by molar-refractivity contribution is 0.104. The predicted molar refractivity (Wildman–Crippen MR) is 65.4 cm³/mol. The summed E-state index contributed by atoms with van der Waals surface area (Å²) in [5, 5.41) is 0.401. The maximum atomic E-state index is 12.3. The van der Waals surface area contributed by atoms with Crippen LogP contribution in [-0.4, -0.2) is 10.8 Å². The van der Waals surface area contributed by atoms with Gasteiger partial charge in [-0.15, -0.1) is 0 Å². The molecule has 1 aliphatic heterocycles. The fraction of sp³-hybridized carbons (Fsp3) is 0.167. The minimum atomic E-state index is -0.258. The fourth-order valence-electron chi connectivity index (χ4n) is 1.91. The predicted octanol–water partition coefficient (Wildman–Crippen LogP) is 2.41. The molecule has 1 aromatic carbocycles. The van der Waals surface area contributed by atoms with Crippen molar-refractivity contribution in [3.05, 3.63) is 40.4 Å². The van der Waals surface area contributed by atoms with Gasteiger partial charge in [-0.25, -0.2) is 4.98 Å². The first kappa shape index (κ1) is 10.3. The van der Waals surface area contributed by atoms with E-state index in [0.717, 1.165) is 0 Å². The third kappa shape index (κ3) is 1.51. The fourth-order valence-corrected chi connectivity index (χ4v) is 2.78. The number of ketones is 1. The Balaban J connectivity index is 2.25. The highest BCUT2D eigenvalue weighted by Gasteiger charge is 2.29. The molecule has 2 heterocycles. The second-order valence-corrected chi connectivity index (χ2v) is 4.88. The number of aromatic nitrogens is 1. The summed E-state index contributed by atoms with van der Waals surface area (Å²) in [5.41, 5.74) is 6.86. The first-order chi connectivity index (χ1) is 8.16. The van der Waals surface area contributed by atoms with E-state index < -0.39 is 0 Å². The smallest absolute Gasteiger partial charge is 0.208 e. The summed E-state index contributed by atoms with van der Waals surface area (Å²) in [7, 11) is 0. The highest BCUT2D eigenvalue weighted by Crippen LogP contribution is 2.36. The number of benzene rings is 1. The summed E-state index contributed by atoms with van der Waals surface area (Å²) in [6, 6.07) is 7.22. The molecule has 1 atom stereocenters. The highest BCUT2D eigenvalue weighted by molar-refractivity contribution is 7.17. The van der Waals surface area contributed by atoms with E-state index in [9.17, 15) is 4.79 Å². The molecule has 3 rings (SSSR count). The molecule has 17 heavy (non-hydrogen) atoms. The van der Waals surface area contributed by atoms with Gasteiger partial charge < -0.3 is 10.5 Å². The van der Waals surface area contributed by atoms with Gasteiger partial charge in [0.05, 0.1) is 5.56 Å². The number of fused-ring (bicyclic) bond motifs is 2. The van der Waals surface area contributed by atoms with Crippen LogP contribution in [0.3, 0.4) is 0 Å². The summed E-state index contributed by atoms with van der Waals surface area (Å²) in [5.74, 6) is 0.544. The number of anilines is 1. The zero-order valence-corrected chi connectivity index (χ0v) is 9.95. The second-order valence-electron chi connectivity index (χ2n) is 3.85. The van der Waals surface area contributed by atoms with Crippen LogP contribution in [0, 0.1) is 0 Å². The lowest BCUT2D eigenvalue weighted by atomic mass is 10.1. The first-order valence-electron chi connectivity index (χ1n) is 5.23. The third-order valence-electron chi connectivity index (χ3n) is 2.70. The largest absolute Gasteiger partial charge is 0.484 e. The average Bonchev–Trinajstić information content (AvgIpc) is 2.67. The standard InChI is InChI=1S/C12H10N2O2S/c1-6-9-11(17-12(13)14-9)10(15)7-4-2-3-5-8(7)16-6/h2-6H,1H3,(H2,13,14). The van der Waals surface area contributed by atoms with Crippen LogP contribution in [0.15, 0.2) is 24.3 Å². The van der Waals surface area contributed by atoms with E-state index in [-0.39, 0.29) is 11.9 Å². The number of carbonyl (C=O) groups excluding carboxylic acids is 1. The minimum Gasteiger partial charge on any atom is -0.484 e. The molecule has 0 amide bonds. The maximum Gasteiger partial charge on any atom is 0.208 e. The van der Waals surface area contributed by atoms with Crippen LogP contribution in [0.4, 0.5) is 5.13 Å². The van der Waals surface area contributed by atoms with Crippen LogP contribution in [-0.2, 0) is 0 Å². The van der Waals surface area contributed by atoms with Crippen molar-refractivity contribution in [1.29, 1.82) is 0 Å². The number of hydrogen-bond donors (Lipinski definition) is 1. The molecule has 4 nitrogen and oxygen atoms in total. The number of thiazole rings is 1. The molecule has 0 saturated carbocycles. The quantitative estimate of drug-likeness (QED) is 0.775. The molecule has 0 aliphatic carbocycles. The Morgan fingerprint density at radius 3 is 3.00 bits per heavy atom. The molecular weight excluding hydrogens is 236 g/mol. The molecular formula is C12H10N2O2S. The van der Waals surface area contributed by atoms with Gasteiger partial charge in [-0.3, -0.25) is 4.79 Å². The summed E-state index contributed by atoms with van der Waals surface area (Å²) < 4.78 is 5.73. The van der Waals surface area contributed by atoms with Crippen molar-refractivity contribution in [1.82, 2.24) is 4.98 Å². The number of nitrogens with zero attached hydrogens (tertiary/aromatic N) is 1. The van der Waals surface area contributed by atoms with E-state index in [1.54, 1.807) is 12.1 Å². The average molecular weight is 246 g/mol. The number of hydrogen-bond acceptors (Lipinski definition) is 5. The lowest BCUT2D eigenvalue weighted by Gasteiger charge is -2.11. The second kappa shape index (κ2) is 3.56. The molecule has 0 spiro atoms. The van der Waals surface area contributed by atoms with Gasteiger partial charge in [0.15, 0.2) is 5.13 Å². The number of rotatable bonds is 0. The molecule has 2 aromatic rings. The number of carbonyl (C=O) groups is 1. The summed E-state index contributed by atoms with van der Waals surface area (Å²) in [4.78, 5) is 17.1. The molecule has 1 aromatic heterocycles. The summed E-state index contributed by atoms with van der Waals surface area (Å²) >= 11 is 1.22. The van der Waals surface area contributed by atoms with Crippen LogP contribution in [0.1, 0.15) is 34.0 Å². The molecule has 0 fully saturated rings. The Bertz CT molecular complexity index is 606. The number of para-hydroxylation sites is 1. The number of nitrogens with two attached hydrogens (primary N) is 1. The van der Waals surface area contributed by atoms with Crippen LogP contribution in [0.2, 0.25) is 0 Å². The first-order valence-corrected chi connectivity index (χ1v) is 6.05. The van der Waals surface area contributed by atoms with Gasteiger partial charge in [-0.1, -0.05) is 23.5 Å². The topological polar surface area (TPSA) is 65.2 Å². The number of ether oxygens (including phenoxy) is 1. The van der Waals surface area contributed by atoms with E-state index in [1.807, 2.05) is 19.1 Å². The van der Waals surface area contributed by atoms with Crippen LogP contribution in [0.25, 0.3) is 0 Å². The van der Waals surface area contributed by atoms with Crippen LogP contribution < -0.4 is 10.5 Å². The van der Waals surface area contributed by atoms with Gasteiger partial charge >= 0.3 is 0 Å². The molecule has 0 bridgehead atoms. The van der Waals surface area contributed by atoms with Gasteiger partial charge in [0.25, 0.3) is 0 Å². The Kier molecular flexibility index (Phi) is 2.16. The van der Waals surface area contributed by atoms with Crippen molar-refractivity contribution in [2.45, 2.75) is 13.0 Å². The third-order valence-corrected chi connectivity index (χ3v) is 3.60. The molecule has 2 N–H and O–H groups in total. The van der Waals surface area contributed by atoms with E-state index in [1.165, 1.54) is 11.3 Å². The van der Waals surface area contributed by atoms with Crippen molar-refractivity contribution in [2.75, 3.05) is 5.73 Å². The normalized spacial score (nSPS) is 17.9. The molecule has 86 valence electrons. The maximum absolute atomic E-state index is 12.3. The zero-order chi connectivity index (χ0) is 12.0. The Morgan fingerprint density at radius 2 is 2.18 bits per heavy atom. The Morgan fingerprint density at radius 1 is 1.41 bits per heavy atom. The summed E-state index contributed by atoms with van der Waals surface area (Å²) in [6.45, 7) is 1.87. The van der Waals surface area contributed by atoms with Crippen molar-refractivity contribution in [2.24, 2.45) is 0 Å². The van der Waals surface area contributed by atoms with Crippen molar-refractivity contribution in [3.8, 4) is 5.75 Å². The van der Waals surface area contributed by atoms with Crippen LogP contribution >= 0.6 is 11.3 Å². The van der Waals surface area contributed by atoms with Gasteiger partial charge in [-0.2, -0.15) is 0 Å². The lowest BCUT2D eigenvalue weighted by Crippen LogP contribution is -2.03. The van der Waals surface area contributed by atoms with Crippen molar-refractivity contribution >= 4 is 22.3 Å². The van der Waals surface area contributed by atoms with Crippen molar-refractivity contribution < 1.29 is 9.53 Å². The van der Waals surface area contributed by atoms with E-state index in [4.69, 9.17) is 10.5 Å². The minimum absolute atomic E-state index is 0.0610. The molecule has 1 unspecified atom stereocenters. The molecule has 0 radical (unpaired) electrons. The monoisotopic (exact) mass is 246 g/mol. The molecule has 0 saturated heterocycles. The molecule has 1 aliphatic rings. The highest BCUT2D eigenvalue weighted by atomic mass is 32.1. The van der Waals surface area contributed by atoms with Gasteiger partial charge in [-0.05, 0) is 19.1 Å². The van der Waals surface area contributed by atoms with Crippen LogP contribution in [0.5, 0.6) is 5.75 Å². The Hall–Kier alpha value is -1.88. The zero-order valence-electron chi connectivity index (χ0n) is 9.14. The Labute approximate surface area is 102 Å². The van der Waals surface area contributed by atoms with Gasteiger partial charge in [0.1, 0.15) is 22.4 Å². The van der Waals surface area contributed by atoms with Gasteiger partial charge in [0.2, 0.25) is 5.78 Å². The molecule has 5 heteroatoms. The van der Waals surface area contributed by atoms with Gasteiger partial charge in [0, 0.05) is 0 Å². The SMILES string of the molecule is CC1Oc2ccccc2C(=O)c2sc(N)nc21. The van der Waals surface area contributed by atoms with E-state index in [0.29, 0.717) is 27.0 Å². The van der Waals surface area contributed by atoms with E-state index in [2.05, 4.69) is 4.98 Å². The van der Waals surface area contributed by atoms with E-state index >= 15 is 0 Å². The van der Waals surface area contributed by atoms with Crippen molar-refractivity contribution in [3.63, 3.8) is 0 Å². The number of nitrogen functional groups attached to an aromatic ring is 1. The summed E-state index contributed by atoms with van der Waals surface area (Å²) in [6.07, 6.45) is -0.258.